The first kappa shape index (κ1) is 17.4. The Morgan fingerprint density at radius 3 is 2.59 bits per heavy atom. The SMILES string of the molecule is N#Cc1cccc(Nc2ccc(C(=O)N3CCC4(CC3)OCCO4)nn2)c1. The first-order valence-corrected chi connectivity index (χ1v) is 8.86. The van der Waals surface area contributed by atoms with Crippen LogP contribution in [0.1, 0.15) is 28.9 Å². The highest BCUT2D eigenvalue weighted by Gasteiger charge is 2.41. The monoisotopic (exact) mass is 365 g/mol. The van der Waals surface area contributed by atoms with Crippen molar-refractivity contribution in [2.24, 2.45) is 0 Å². The zero-order valence-corrected chi connectivity index (χ0v) is 14.7. The minimum atomic E-state index is -0.506. The molecule has 1 spiro atoms. The lowest BCUT2D eigenvalue weighted by Crippen LogP contribution is -2.47. The van der Waals surface area contributed by atoms with Gasteiger partial charge >= 0.3 is 0 Å². The molecule has 1 aromatic carbocycles. The van der Waals surface area contributed by atoms with E-state index >= 15 is 0 Å². The maximum absolute atomic E-state index is 12.6. The highest BCUT2D eigenvalue weighted by Crippen LogP contribution is 2.31. The van der Waals surface area contributed by atoms with E-state index in [9.17, 15) is 4.79 Å². The number of benzene rings is 1. The van der Waals surface area contributed by atoms with Crippen molar-refractivity contribution in [2.75, 3.05) is 31.6 Å². The van der Waals surface area contributed by atoms with E-state index in [-0.39, 0.29) is 5.91 Å². The van der Waals surface area contributed by atoms with Crippen LogP contribution in [-0.2, 0) is 9.47 Å². The maximum atomic E-state index is 12.6. The van der Waals surface area contributed by atoms with Gasteiger partial charge in [-0.25, -0.2) is 0 Å². The summed E-state index contributed by atoms with van der Waals surface area (Å²) in [7, 11) is 0. The van der Waals surface area contributed by atoms with E-state index in [1.807, 2.05) is 6.07 Å². The minimum absolute atomic E-state index is 0.145. The standard InChI is InChI=1S/C19H19N5O3/c20-13-14-2-1-3-15(12-14)21-17-5-4-16(22-23-17)18(25)24-8-6-19(7-9-24)26-10-11-27-19/h1-5,12H,6-11H2,(H,21,23). The Morgan fingerprint density at radius 2 is 1.93 bits per heavy atom. The number of carbonyl (C=O) groups is 1. The van der Waals surface area contributed by atoms with Crippen LogP contribution < -0.4 is 5.32 Å². The molecule has 0 aliphatic carbocycles. The molecule has 138 valence electrons. The summed E-state index contributed by atoms with van der Waals surface area (Å²) in [4.78, 5) is 14.4. The fourth-order valence-electron chi connectivity index (χ4n) is 3.33. The van der Waals surface area contributed by atoms with Crippen LogP contribution >= 0.6 is 0 Å². The molecule has 0 bridgehead atoms. The Kier molecular flexibility index (Phi) is 4.71. The largest absolute Gasteiger partial charge is 0.347 e. The van der Waals surface area contributed by atoms with E-state index in [0.29, 0.717) is 56.2 Å². The predicted octanol–water partition coefficient (Wildman–Crippen LogP) is 2.07. The molecule has 2 saturated heterocycles. The van der Waals surface area contributed by atoms with Crippen LogP contribution in [-0.4, -0.2) is 53.1 Å². The zero-order chi connectivity index (χ0) is 18.7. The minimum Gasteiger partial charge on any atom is -0.347 e. The Hall–Kier alpha value is -3.02. The summed E-state index contributed by atoms with van der Waals surface area (Å²) in [6, 6.07) is 12.5. The van der Waals surface area contributed by atoms with E-state index in [1.165, 1.54) is 0 Å². The number of aromatic nitrogens is 2. The van der Waals surface area contributed by atoms with Gasteiger partial charge in [-0.3, -0.25) is 4.79 Å². The van der Waals surface area contributed by atoms with Crippen molar-refractivity contribution in [3.63, 3.8) is 0 Å². The summed E-state index contributed by atoms with van der Waals surface area (Å²) in [5.41, 5.74) is 1.59. The Balaban J connectivity index is 1.38. The number of ether oxygens (including phenoxy) is 2. The summed E-state index contributed by atoms with van der Waals surface area (Å²) >= 11 is 0. The molecule has 1 N–H and O–H groups in total. The van der Waals surface area contributed by atoms with Crippen molar-refractivity contribution < 1.29 is 14.3 Å². The molecule has 2 aliphatic rings. The second kappa shape index (κ2) is 7.31. The molecule has 1 aromatic heterocycles. The Bertz CT molecular complexity index is 862. The Morgan fingerprint density at radius 1 is 1.15 bits per heavy atom. The van der Waals surface area contributed by atoms with Crippen molar-refractivity contribution in [1.29, 1.82) is 5.26 Å². The number of hydrogen-bond donors (Lipinski definition) is 1. The van der Waals surface area contributed by atoms with E-state index in [2.05, 4.69) is 21.6 Å². The van der Waals surface area contributed by atoms with Crippen LogP contribution in [0.2, 0.25) is 0 Å². The van der Waals surface area contributed by atoms with Gasteiger partial charge in [0.05, 0.1) is 24.8 Å². The smallest absolute Gasteiger partial charge is 0.274 e. The lowest BCUT2D eigenvalue weighted by Gasteiger charge is -2.37. The van der Waals surface area contributed by atoms with Gasteiger partial charge in [-0.15, -0.1) is 10.2 Å². The fraction of sp³-hybridized carbons (Fsp3) is 0.368. The molecular weight excluding hydrogens is 346 g/mol. The van der Waals surface area contributed by atoms with Gasteiger partial charge in [0, 0.05) is 31.6 Å². The third-order valence-electron chi connectivity index (χ3n) is 4.77. The van der Waals surface area contributed by atoms with Gasteiger partial charge in [0.15, 0.2) is 17.3 Å². The van der Waals surface area contributed by atoms with E-state index < -0.39 is 5.79 Å². The number of amides is 1. The fourth-order valence-corrected chi connectivity index (χ4v) is 3.33. The molecule has 2 fully saturated rings. The molecule has 8 heteroatoms. The molecule has 27 heavy (non-hydrogen) atoms. The number of nitrogens with zero attached hydrogens (tertiary/aromatic N) is 4. The predicted molar refractivity (Wildman–Crippen MR) is 96.2 cm³/mol. The normalized spacial score (nSPS) is 18.3. The van der Waals surface area contributed by atoms with Gasteiger partial charge in [-0.05, 0) is 30.3 Å². The summed E-state index contributed by atoms with van der Waals surface area (Å²) in [6.45, 7) is 2.37. The molecule has 0 unspecified atom stereocenters. The van der Waals surface area contributed by atoms with Gasteiger partial charge < -0.3 is 19.7 Å². The Labute approximate surface area is 156 Å². The summed E-state index contributed by atoms with van der Waals surface area (Å²) in [5, 5.41) is 20.2. The number of carbonyl (C=O) groups excluding carboxylic acids is 1. The molecule has 0 saturated carbocycles. The van der Waals surface area contributed by atoms with E-state index in [1.54, 1.807) is 35.2 Å². The van der Waals surface area contributed by atoms with Gasteiger partial charge in [0.2, 0.25) is 0 Å². The lowest BCUT2D eigenvalue weighted by atomic mass is 10.0. The average molecular weight is 365 g/mol. The highest BCUT2D eigenvalue weighted by molar-refractivity contribution is 5.92. The van der Waals surface area contributed by atoms with Crippen LogP contribution in [0.25, 0.3) is 0 Å². The number of hydrogen-bond acceptors (Lipinski definition) is 7. The van der Waals surface area contributed by atoms with Crippen LogP contribution in [0.3, 0.4) is 0 Å². The highest BCUT2D eigenvalue weighted by atomic mass is 16.7. The molecule has 2 aromatic rings. The third-order valence-corrected chi connectivity index (χ3v) is 4.77. The summed E-state index contributed by atoms with van der Waals surface area (Å²) < 4.78 is 11.4. The van der Waals surface area contributed by atoms with Crippen LogP contribution in [0.4, 0.5) is 11.5 Å². The molecule has 1 amide bonds. The number of nitrogens with one attached hydrogen (secondary N) is 1. The van der Waals surface area contributed by atoms with Crippen LogP contribution in [0.15, 0.2) is 36.4 Å². The van der Waals surface area contributed by atoms with Gasteiger partial charge in [0.1, 0.15) is 0 Å². The lowest BCUT2D eigenvalue weighted by molar-refractivity contribution is -0.181. The summed E-state index contributed by atoms with van der Waals surface area (Å²) in [6.07, 6.45) is 1.34. The van der Waals surface area contributed by atoms with Crippen LogP contribution in [0, 0.1) is 11.3 Å². The molecule has 8 nitrogen and oxygen atoms in total. The van der Waals surface area contributed by atoms with Gasteiger partial charge in [-0.1, -0.05) is 6.07 Å². The number of rotatable bonds is 3. The quantitative estimate of drug-likeness (QED) is 0.888. The zero-order valence-electron chi connectivity index (χ0n) is 14.7. The number of likely N-dealkylation sites (tertiary alicyclic amines) is 1. The molecule has 3 heterocycles. The second-order valence-corrected chi connectivity index (χ2v) is 6.52. The van der Waals surface area contributed by atoms with E-state index in [4.69, 9.17) is 14.7 Å². The molecular formula is C19H19N5O3. The first-order chi connectivity index (χ1) is 13.2. The van der Waals surface area contributed by atoms with Crippen molar-refractivity contribution in [3.8, 4) is 6.07 Å². The second-order valence-electron chi connectivity index (χ2n) is 6.52. The van der Waals surface area contributed by atoms with Gasteiger partial charge in [-0.2, -0.15) is 5.26 Å². The molecule has 0 atom stereocenters. The third kappa shape index (κ3) is 3.74. The number of piperidine rings is 1. The molecule has 0 radical (unpaired) electrons. The summed E-state index contributed by atoms with van der Waals surface area (Å²) in [5.74, 6) is -0.144. The van der Waals surface area contributed by atoms with E-state index in [0.717, 1.165) is 5.69 Å². The number of nitriles is 1. The van der Waals surface area contributed by atoms with Crippen LogP contribution in [0.5, 0.6) is 0 Å². The first-order valence-electron chi connectivity index (χ1n) is 8.86. The van der Waals surface area contributed by atoms with Gasteiger partial charge in [0.25, 0.3) is 5.91 Å². The maximum Gasteiger partial charge on any atom is 0.274 e. The average Bonchev–Trinajstić information content (AvgIpc) is 3.17. The van der Waals surface area contributed by atoms with Crippen molar-refractivity contribution in [2.45, 2.75) is 18.6 Å². The topological polar surface area (TPSA) is 100 Å². The van der Waals surface area contributed by atoms with Crippen molar-refractivity contribution in [1.82, 2.24) is 15.1 Å². The van der Waals surface area contributed by atoms with Crippen molar-refractivity contribution in [3.05, 3.63) is 47.7 Å². The van der Waals surface area contributed by atoms with Crippen molar-refractivity contribution >= 4 is 17.4 Å². The molecule has 4 rings (SSSR count). The molecule has 2 aliphatic heterocycles. The number of anilines is 2.